The summed E-state index contributed by atoms with van der Waals surface area (Å²) < 4.78 is 23.0. The van der Waals surface area contributed by atoms with Crippen LogP contribution in [0.25, 0.3) is 0 Å². The quantitative estimate of drug-likeness (QED) is 0.101. The van der Waals surface area contributed by atoms with E-state index in [2.05, 4.69) is 6.92 Å². The molecular weight excluding hydrogens is 437 g/mol. The minimum atomic E-state index is -3.83. The molecule has 0 saturated heterocycles. The molecule has 0 aliphatic rings. The molecule has 0 aliphatic carbocycles. The molecular formula is C22H47NO6PS+. The number of carbonyl (C=O) groups excluding carboxylic acids is 1. The van der Waals surface area contributed by atoms with Crippen molar-refractivity contribution < 1.29 is 33.1 Å². The van der Waals surface area contributed by atoms with Crippen LogP contribution in [0.3, 0.4) is 0 Å². The molecule has 0 radical (unpaired) electrons. The Morgan fingerprint density at radius 3 is 1.97 bits per heavy atom. The molecule has 0 amide bonds. The first-order valence-corrected chi connectivity index (χ1v) is 15.0. The number of rotatable bonds is 21. The second kappa shape index (κ2) is 18.3. The Balaban J connectivity index is 3.81. The third-order valence-corrected chi connectivity index (χ3v) is 7.94. The molecule has 9 heteroatoms. The summed E-state index contributed by atoms with van der Waals surface area (Å²) in [5, 5.41) is 9.38. The predicted molar refractivity (Wildman–Crippen MR) is 129 cm³/mol. The van der Waals surface area contributed by atoms with E-state index in [1.807, 2.05) is 21.1 Å². The van der Waals surface area contributed by atoms with E-state index in [0.717, 1.165) is 37.2 Å². The fraction of sp³-hybridized carbons (Fsp3) is 0.955. The van der Waals surface area contributed by atoms with E-state index < -0.39 is 25.5 Å². The third kappa shape index (κ3) is 21.5. The van der Waals surface area contributed by atoms with Crippen molar-refractivity contribution in [2.24, 2.45) is 0 Å². The van der Waals surface area contributed by atoms with E-state index in [1.165, 1.54) is 51.4 Å². The van der Waals surface area contributed by atoms with Gasteiger partial charge in [0.05, 0.1) is 46.7 Å². The lowest BCUT2D eigenvalue weighted by Gasteiger charge is -2.24. The van der Waals surface area contributed by atoms with Crippen LogP contribution in [-0.2, 0) is 18.6 Å². The number of hydrogen-bond donors (Lipinski definition) is 2. The molecule has 0 fully saturated rings. The number of quaternary nitrogens is 1. The lowest BCUT2D eigenvalue weighted by molar-refractivity contribution is -0.867. The van der Waals surface area contributed by atoms with Gasteiger partial charge in [0.15, 0.2) is 0 Å². The molecule has 2 N–H and O–H groups in total. The number of unbranched alkanes of at least 4 members (excludes halogenated alkanes) is 10. The summed E-state index contributed by atoms with van der Waals surface area (Å²) in [6.07, 6.45) is 12.6. The van der Waals surface area contributed by atoms with Crippen LogP contribution in [0, 0.1) is 0 Å². The molecule has 186 valence electrons. The Bertz CT molecular complexity index is 501. The van der Waals surface area contributed by atoms with Gasteiger partial charge in [0.25, 0.3) is 0 Å². The summed E-state index contributed by atoms with van der Waals surface area (Å²) in [6, 6.07) is 0. The maximum atomic E-state index is 12.1. The van der Waals surface area contributed by atoms with Gasteiger partial charge >= 0.3 is 12.8 Å². The van der Waals surface area contributed by atoms with Gasteiger partial charge in [-0.05, 0) is 17.8 Å². The number of carbonyl (C=O) groups is 1. The van der Waals surface area contributed by atoms with E-state index in [9.17, 15) is 19.4 Å². The molecule has 0 bridgehead atoms. The average molecular weight is 485 g/mol. The number of aliphatic hydroxyl groups excluding tert-OH is 1. The summed E-state index contributed by atoms with van der Waals surface area (Å²) in [6.45, 7) is -1.61. The Kier molecular flexibility index (Phi) is 18.3. The van der Waals surface area contributed by atoms with E-state index in [-0.39, 0.29) is 6.61 Å². The van der Waals surface area contributed by atoms with Crippen molar-refractivity contribution in [1.82, 2.24) is 0 Å². The normalized spacial score (nSPS) is 14.9. The number of hydrogen-bond acceptors (Lipinski definition) is 6. The lowest BCUT2D eigenvalue weighted by Crippen LogP contribution is -2.36. The second-order valence-corrected chi connectivity index (χ2v) is 13.2. The van der Waals surface area contributed by atoms with Gasteiger partial charge in [0.2, 0.25) is 0 Å². The summed E-state index contributed by atoms with van der Waals surface area (Å²) in [5.41, 5.74) is 0. The lowest BCUT2D eigenvalue weighted by atomic mass is 10.1. The SMILES string of the molecule is CCCCCCCCCCCCCC(=O)O[C@H](CO)COP(=O)(O)SCC[N+](C)(C)C. The van der Waals surface area contributed by atoms with Gasteiger partial charge in [-0.2, -0.15) is 0 Å². The minimum Gasteiger partial charge on any atom is -0.457 e. The molecule has 0 spiro atoms. The van der Waals surface area contributed by atoms with Crippen LogP contribution in [0.15, 0.2) is 0 Å². The number of aliphatic hydroxyl groups is 1. The number of esters is 1. The standard InChI is InChI=1S/C22H46NO6PS/c1-5-6-7-8-9-10-11-12-13-14-15-16-22(25)29-21(19-24)20-28-30(26,27)31-18-17-23(2,3)4/h21,24H,5-20H2,1-4H3/p+1/t21-/m1/s1. The fourth-order valence-electron chi connectivity index (χ4n) is 2.95. The molecule has 0 aliphatic heterocycles. The van der Waals surface area contributed by atoms with Crippen molar-refractivity contribution in [3.8, 4) is 0 Å². The van der Waals surface area contributed by atoms with Gasteiger partial charge in [-0.25, -0.2) is 4.57 Å². The zero-order chi connectivity index (χ0) is 23.6. The maximum Gasteiger partial charge on any atom is 0.386 e. The zero-order valence-corrected chi connectivity index (χ0v) is 21.9. The van der Waals surface area contributed by atoms with Crippen LogP contribution in [0.4, 0.5) is 0 Å². The highest BCUT2D eigenvalue weighted by Gasteiger charge is 2.25. The van der Waals surface area contributed by atoms with Crippen LogP contribution >= 0.6 is 18.2 Å². The van der Waals surface area contributed by atoms with Crippen molar-refractivity contribution in [2.45, 2.75) is 90.1 Å². The average Bonchev–Trinajstić information content (AvgIpc) is 2.68. The van der Waals surface area contributed by atoms with Crippen LogP contribution < -0.4 is 0 Å². The van der Waals surface area contributed by atoms with Crippen LogP contribution in [0.5, 0.6) is 0 Å². The molecule has 1 unspecified atom stereocenters. The maximum absolute atomic E-state index is 12.1. The van der Waals surface area contributed by atoms with E-state index in [1.54, 1.807) is 0 Å². The summed E-state index contributed by atoms with van der Waals surface area (Å²) in [5.74, 6) is 0.0729. The van der Waals surface area contributed by atoms with E-state index in [4.69, 9.17) is 9.26 Å². The first kappa shape index (κ1) is 30.9. The summed E-state index contributed by atoms with van der Waals surface area (Å²) in [7, 11) is 6.00. The number of ether oxygens (including phenoxy) is 1. The van der Waals surface area contributed by atoms with Crippen molar-refractivity contribution in [1.29, 1.82) is 0 Å². The van der Waals surface area contributed by atoms with Crippen molar-refractivity contribution >= 4 is 24.1 Å². The Hall–Kier alpha value is -0.110. The highest BCUT2D eigenvalue weighted by atomic mass is 32.7. The molecule has 0 aromatic rings. The fourth-order valence-corrected chi connectivity index (χ4v) is 5.58. The molecule has 0 aromatic heterocycles. The summed E-state index contributed by atoms with van der Waals surface area (Å²) in [4.78, 5) is 21.8. The molecule has 31 heavy (non-hydrogen) atoms. The van der Waals surface area contributed by atoms with Crippen LogP contribution in [-0.4, -0.2) is 73.2 Å². The summed E-state index contributed by atoms with van der Waals surface area (Å²) >= 11 is 0.858. The minimum absolute atomic E-state index is 0.286. The van der Waals surface area contributed by atoms with E-state index in [0.29, 0.717) is 16.7 Å². The Morgan fingerprint density at radius 1 is 0.968 bits per heavy atom. The van der Waals surface area contributed by atoms with Crippen molar-refractivity contribution in [2.75, 3.05) is 46.7 Å². The molecule has 0 rings (SSSR count). The Morgan fingerprint density at radius 2 is 1.48 bits per heavy atom. The highest BCUT2D eigenvalue weighted by Crippen LogP contribution is 2.55. The van der Waals surface area contributed by atoms with Crippen molar-refractivity contribution in [3.63, 3.8) is 0 Å². The zero-order valence-electron chi connectivity index (χ0n) is 20.2. The predicted octanol–water partition coefficient (Wildman–Crippen LogP) is 5.15. The third-order valence-electron chi connectivity index (χ3n) is 4.93. The van der Waals surface area contributed by atoms with Gasteiger partial charge in [-0.15, -0.1) is 0 Å². The molecule has 2 atom stereocenters. The smallest absolute Gasteiger partial charge is 0.386 e. The van der Waals surface area contributed by atoms with Gasteiger partial charge in [0, 0.05) is 6.42 Å². The monoisotopic (exact) mass is 484 g/mol. The van der Waals surface area contributed by atoms with Crippen LogP contribution in [0.2, 0.25) is 0 Å². The molecule has 0 heterocycles. The largest absolute Gasteiger partial charge is 0.457 e. The van der Waals surface area contributed by atoms with Gasteiger partial charge < -0.3 is 19.2 Å². The molecule has 0 aromatic carbocycles. The van der Waals surface area contributed by atoms with Crippen LogP contribution in [0.1, 0.15) is 84.0 Å². The second-order valence-electron chi connectivity index (χ2n) is 9.19. The van der Waals surface area contributed by atoms with E-state index >= 15 is 0 Å². The van der Waals surface area contributed by atoms with Gasteiger partial charge in [-0.1, -0.05) is 71.1 Å². The number of nitrogens with zero attached hydrogens (tertiary/aromatic N) is 1. The van der Waals surface area contributed by atoms with Gasteiger partial charge in [0.1, 0.15) is 6.10 Å². The van der Waals surface area contributed by atoms with Gasteiger partial charge in [-0.3, -0.25) is 9.32 Å². The Labute approximate surface area is 194 Å². The first-order valence-electron chi connectivity index (χ1n) is 11.8. The first-order chi connectivity index (χ1) is 14.6. The molecule has 7 nitrogen and oxygen atoms in total. The molecule has 0 saturated carbocycles. The highest BCUT2D eigenvalue weighted by molar-refractivity contribution is 8.54. The van der Waals surface area contributed by atoms with Crippen molar-refractivity contribution in [3.05, 3.63) is 0 Å². The topological polar surface area (TPSA) is 93.1 Å².